The van der Waals surface area contributed by atoms with Crippen LogP contribution in [-0.4, -0.2) is 52.4 Å². The fraction of sp³-hybridized carbons (Fsp3) is 0.405. The van der Waals surface area contributed by atoms with Crippen molar-refractivity contribution in [1.29, 1.82) is 0 Å². The van der Waals surface area contributed by atoms with E-state index in [-0.39, 0.29) is 0 Å². The van der Waals surface area contributed by atoms with Crippen molar-refractivity contribution in [2.75, 3.05) is 13.2 Å². The zero-order valence-electron chi connectivity index (χ0n) is 38.1. The number of nitrogens with zero attached hydrogens (tertiary/aromatic N) is 1. The first-order valence-electron chi connectivity index (χ1n) is 20.4. The summed E-state index contributed by atoms with van der Waals surface area (Å²) >= 11 is 0. The van der Waals surface area contributed by atoms with Gasteiger partial charge in [-0.25, -0.2) is 4.58 Å². The van der Waals surface area contributed by atoms with Crippen LogP contribution < -0.4 is 21.9 Å². The fourth-order valence-corrected chi connectivity index (χ4v) is 48.2. The maximum Gasteiger partial charge on any atom is 0.416 e. The molecule has 0 aromatic heterocycles. The van der Waals surface area contributed by atoms with Crippen molar-refractivity contribution in [2.24, 2.45) is 0 Å². The number of alkyl halides is 24. The second-order valence-electron chi connectivity index (χ2n) is 19.0. The Morgan fingerprint density at radius 2 is 0.528 bits per heavy atom. The summed E-state index contributed by atoms with van der Waals surface area (Å²) in [6, 6.07) is -8.81. The molecule has 72 heavy (non-hydrogen) atoms. The number of halogens is 24. The molecule has 30 heteroatoms. The van der Waals surface area contributed by atoms with Gasteiger partial charge in [-0.15, -0.1) is 0 Å². The highest BCUT2D eigenvalue weighted by Gasteiger charge is 2.65. The summed E-state index contributed by atoms with van der Waals surface area (Å²) in [5, 5.41) is 0. The molecule has 0 atom stereocenters. The number of hydrogen-bond donors (Lipinski definition) is 0. The number of hydrogen-bond acceptors (Lipinski definition) is 1. The van der Waals surface area contributed by atoms with Gasteiger partial charge in [-0.2, -0.15) is 127 Å². The Bertz CT molecular complexity index is 2230. The third kappa shape index (κ3) is 12.5. The summed E-state index contributed by atoms with van der Waals surface area (Å²) in [5.41, 5.74) is -30.2. The van der Waals surface area contributed by atoms with Crippen molar-refractivity contribution in [3.63, 3.8) is 0 Å². The molecule has 1 aliphatic heterocycles. The van der Waals surface area contributed by atoms with Gasteiger partial charge in [0.05, 0.1) is 66.6 Å². The molecular weight excluding hydrogens is 1090 g/mol. The lowest BCUT2D eigenvalue weighted by atomic mass is 9.12. The summed E-state index contributed by atoms with van der Waals surface area (Å²) in [4.78, 5) is 0. The van der Waals surface area contributed by atoms with Crippen LogP contribution in [0.15, 0.2) is 72.8 Å². The van der Waals surface area contributed by atoms with Crippen molar-refractivity contribution >= 4 is 56.4 Å². The Kier molecular flexibility index (Phi) is 15.5. The van der Waals surface area contributed by atoms with Crippen LogP contribution in [0.4, 0.5) is 105 Å². The van der Waals surface area contributed by atoms with E-state index in [1.807, 2.05) is 0 Å². The van der Waals surface area contributed by atoms with E-state index in [9.17, 15) is 105 Å². The van der Waals surface area contributed by atoms with Crippen LogP contribution in [0.2, 0.25) is 39.3 Å². The Labute approximate surface area is 396 Å². The molecular formula is C42H38BF24NOSi3. The second-order valence-corrected chi connectivity index (χ2v) is 45.5. The molecule has 0 saturated carbocycles. The van der Waals surface area contributed by atoms with Crippen molar-refractivity contribution in [2.45, 2.75) is 95.6 Å². The topological polar surface area (TPSA) is 12.2 Å². The van der Waals surface area contributed by atoms with E-state index < -0.39 is 217 Å². The van der Waals surface area contributed by atoms with E-state index >= 15 is 0 Å². The van der Waals surface area contributed by atoms with E-state index in [1.54, 1.807) is 0 Å². The maximum atomic E-state index is 14.2. The van der Waals surface area contributed by atoms with Crippen molar-refractivity contribution in [3.8, 4) is 0 Å². The smallest absolute Gasteiger partial charge is 0.416 e. The van der Waals surface area contributed by atoms with Crippen LogP contribution >= 0.6 is 0 Å². The predicted octanol–water partition coefficient (Wildman–Crippen LogP) is 13.6. The predicted molar refractivity (Wildman–Crippen MR) is 225 cm³/mol. The van der Waals surface area contributed by atoms with Gasteiger partial charge in [0, 0.05) is 0 Å². The Balaban J connectivity index is 0.000000639. The summed E-state index contributed by atoms with van der Waals surface area (Å²) in [7, 11) is -1.67. The van der Waals surface area contributed by atoms with Gasteiger partial charge in [0.15, 0.2) is 6.17 Å². The normalized spacial score (nSPS) is 15.9. The molecule has 0 radical (unpaired) electrons. The average Bonchev–Trinajstić information content (AvgIpc) is 3.50. The molecule has 0 N–H and O–H groups in total. The highest BCUT2D eigenvalue weighted by atomic mass is 29.7. The quantitative estimate of drug-likeness (QED) is 0.106. The first kappa shape index (κ1) is 59.9. The zero-order chi connectivity index (χ0) is 56.0. The maximum absolute atomic E-state index is 14.2. The molecule has 0 saturated heterocycles. The van der Waals surface area contributed by atoms with Crippen LogP contribution in [0.5, 0.6) is 0 Å². The van der Waals surface area contributed by atoms with E-state index in [0.717, 1.165) is 0 Å². The largest absolute Gasteiger partial charge is 0.501 e. The van der Waals surface area contributed by atoms with E-state index in [0.29, 0.717) is 0 Å². The summed E-state index contributed by atoms with van der Waals surface area (Å²) in [6.45, 7) is 17.2. The molecule has 1 aliphatic rings. The Morgan fingerprint density at radius 3 is 0.625 bits per heavy atom. The molecule has 0 bridgehead atoms. The Morgan fingerprint density at radius 1 is 0.361 bits per heavy atom. The lowest BCUT2D eigenvalue weighted by Crippen LogP contribution is -2.75. The minimum Gasteiger partial charge on any atom is -0.501 e. The van der Waals surface area contributed by atoms with Crippen molar-refractivity contribution in [3.05, 3.63) is 117 Å². The van der Waals surface area contributed by atoms with Gasteiger partial charge in [0.25, 0.3) is 7.35 Å². The van der Waals surface area contributed by atoms with Crippen molar-refractivity contribution < 1.29 is 114 Å². The molecule has 2 nitrogen and oxygen atoms in total. The average molecular weight is 1120 g/mol. The molecule has 4 aromatic rings. The van der Waals surface area contributed by atoms with Gasteiger partial charge < -0.3 is 4.43 Å². The molecule has 4 aromatic carbocycles. The van der Waals surface area contributed by atoms with Gasteiger partial charge >= 0.3 is 55.3 Å². The Hall–Kier alpha value is -4.61. The number of benzene rings is 4. The molecule has 0 aliphatic carbocycles. The van der Waals surface area contributed by atoms with E-state index in [2.05, 4.69) is 57.8 Å². The summed E-state index contributed by atoms with van der Waals surface area (Å²) < 4.78 is 350. The van der Waals surface area contributed by atoms with Crippen LogP contribution in [0.3, 0.4) is 0 Å². The third-order valence-electron chi connectivity index (χ3n) is 12.2. The van der Waals surface area contributed by atoms with E-state index in [4.69, 9.17) is 4.43 Å². The third-order valence-corrected chi connectivity index (χ3v) is 48.2. The SMILES string of the molecule is CC1=[N+](C)C[Si]([Si](C)(C)C)([Si](C)(C)C)O1.FC(F)(F)c1cc([B-](c2cc(C(F)(F)F)cc(C(F)(F)F)c2)(c2cc(C(F)(F)F)cc(C(F)(F)F)c2)c2cc(C(F)(F)F)cc(C(F)(F)F)c2)cc(C(F)(F)F)c1. The monoisotopic (exact) mass is 1120 g/mol. The molecule has 0 spiro atoms. The molecule has 1 heterocycles. The van der Waals surface area contributed by atoms with E-state index in [1.165, 1.54) is 12.1 Å². The minimum absolute atomic E-state index is 0.691. The van der Waals surface area contributed by atoms with Crippen molar-refractivity contribution in [1.82, 2.24) is 0 Å². The minimum atomic E-state index is -6.13. The van der Waals surface area contributed by atoms with Crippen LogP contribution in [-0.2, 0) is 53.8 Å². The van der Waals surface area contributed by atoms with Gasteiger partial charge in [-0.1, -0.05) is 87.8 Å². The van der Waals surface area contributed by atoms with Gasteiger partial charge in [-0.05, 0) is 24.3 Å². The van der Waals surface area contributed by atoms with Crippen LogP contribution in [0, 0.1) is 0 Å². The summed E-state index contributed by atoms with van der Waals surface area (Å²) in [6.07, 6.45) is -53.6. The standard InChI is InChI=1S/C32H12BF24.C10H26NOSi3/c34-25(35,36)13-1-14(26(37,38)39)6-21(5-13)33(22-7-15(27(40,41)42)2-16(8-22)28(43,44)45,23-9-17(29(46,47)48)3-18(10-23)30(49,50)51)24-11-19(31(52,53)54)4-20(12-24)32(55,56)57;1-10-11(2)9-15(12-10,13(3,4)5)14(6,7)8/h1-12H;9H2,1-8H3/q-1;+1. The molecule has 0 amide bonds. The van der Waals surface area contributed by atoms with Crippen LogP contribution in [0.1, 0.15) is 51.4 Å². The molecule has 0 unspecified atom stereocenters. The highest BCUT2D eigenvalue weighted by Crippen LogP contribution is 2.42. The molecule has 5 rings (SSSR count). The molecule has 400 valence electrons. The first-order chi connectivity index (χ1) is 31.8. The highest BCUT2D eigenvalue weighted by molar-refractivity contribution is 7.67. The van der Waals surface area contributed by atoms with Gasteiger partial charge in [0.1, 0.15) is 13.2 Å². The number of rotatable bonds is 6. The second kappa shape index (κ2) is 18.6. The summed E-state index contributed by atoms with van der Waals surface area (Å²) in [5.74, 6) is 1.17. The first-order valence-corrected chi connectivity index (χ1v) is 31.5. The lowest BCUT2D eigenvalue weighted by molar-refractivity contribution is -0.478. The molecule has 0 fully saturated rings. The van der Waals surface area contributed by atoms with Crippen LogP contribution in [0.25, 0.3) is 0 Å². The zero-order valence-corrected chi connectivity index (χ0v) is 41.1. The fourth-order valence-electron chi connectivity index (χ4n) is 8.78. The lowest BCUT2D eigenvalue weighted by Gasteiger charge is -2.46. The van der Waals surface area contributed by atoms with Gasteiger partial charge in [-0.3, -0.25) is 0 Å². The van der Waals surface area contributed by atoms with Gasteiger partial charge in [0.2, 0.25) is 0 Å².